The zero-order valence-corrected chi connectivity index (χ0v) is 20.0. The molecule has 1 aliphatic rings. The largest absolute Gasteiger partial charge is 0.393 e. The van der Waals surface area contributed by atoms with E-state index in [-0.39, 0.29) is 18.2 Å². The Morgan fingerprint density at radius 3 is 2.56 bits per heavy atom. The zero-order valence-electron chi connectivity index (χ0n) is 20.0. The van der Waals surface area contributed by atoms with Crippen LogP contribution in [-0.2, 0) is 0 Å². The molecule has 1 aromatic carbocycles. The molecule has 0 atom stereocenters. The second kappa shape index (κ2) is 11.3. The fourth-order valence-corrected chi connectivity index (χ4v) is 4.28. The molecular formula is C25H35N7O2. The van der Waals surface area contributed by atoms with Gasteiger partial charge in [0.25, 0.3) is 0 Å². The second-order valence-electron chi connectivity index (χ2n) is 8.92. The fourth-order valence-electron chi connectivity index (χ4n) is 4.28. The summed E-state index contributed by atoms with van der Waals surface area (Å²) >= 11 is 0. The first-order valence-corrected chi connectivity index (χ1v) is 12.4. The number of aliphatic hydroxyl groups is 1. The molecule has 0 radical (unpaired) electrons. The Kier molecular flexibility index (Phi) is 7.95. The molecule has 0 unspecified atom stereocenters. The molecule has 3 aromatic rings. The van der Waals surface area contributed by atoms with Gasteiger partial charge in [0, 0.05) is 30.5 Å². The molecule has 4 N–H and O–H groups in total. The van der Waals surface area contributed by atoms with Gasteiger partial charge < -0.3 is 21.1 Å². The average molecular weight is 466 g/mol. The van der Waals surface area contributed by atoms with E-state index in [4.69, 9.17) is 10.1 Å². The summed E-state index contributed by atoms with van der Waals surface area (Å²) in [7, 11) is 0. The molecule has 0 bridgehead atoms. The van der Waals surface area contributed by atoms with E-state index in [1.165, 1.54) is 0 Å². The van der Waals surface area contributed by atoms with Crippen molar-refractivity contribution in [3.8, 4) is 11.3 Å². The van der Waals surface area contributed by atoms with Gasteiger partial charge in [-0.25, -0.2) is 14.5 Å². The lowest BCUT2D eigenvalue weighted by Gasteiger charge is -2.25. The Bertz CT molecular complexity index is 1090. The summed E-state index contributed by atoms with van der Waals surface area (Å²) in [6.45, 7) is 5.64. The van der Waals surface area contributed by atoms with Gasteiger partial charge in [-0.05, 0) is 50.7 Å². The van der Waals surface area contributed by atoms with Crippen molar-refractivity contribution >= 4 is 28.7 Å². The number of benzene rings is 1. The van der Waals surface area contributed by atoms with Gasteiger partial charge in [0.1, 0.15) is 5.69 Å². The van der Waals surface area contributed by atoms with Crippen LogP contribution in [-0.4, -0.2) is 50.1 Å². The molecule has 2 heterocycles. The molecule has 0 saturated heterocycles. The van der Waals surface area contributed by atoms with Gasteiger partial charge in [-0.15, -0.1) is 0 Å². The van der Waals surface area contributed by atoms with Crippen LogP contribution in [0.25, 0.3) is 22.3 Å². The summed E-state index contributed by atoms with van der Waals surface area (Å²) in [4.78, 5) is 21.3. The second-order valence-corrected chi connectivity index (χ2v) is 8.92. The van der Waals surface area contributed by atoms with Gasteiger partial charge in [0.15, 0.2) is 5.65 Å². The number of nitrogens with zero attached hydrogens (tertiary/aromatic N) is 4. The van der Waals surface area contributed by atoms with Gasteiger partial charge in [-0.1, -0.05) is 32.4 Å². The highest BCUT2D eigenvalue weighted by Gasteiger charge is 2.25. The summed E-state index contributed by atoms with van der Waals surface area (Å²) in [5, 5.41) is 24.8. The molecular weight excluding hydrogens is 430 g/mol. The third-order valence-electron chi connectivity index (χ3n) is 6.23. The van der Waals surface area contributed by atoms with Crippen LogP contribution in [0, 0.1) is 0 Å². The van der Waals surface area contributed by atoms with Gasteiger partial charge in [0.2, 0.25) is 5.95 Å². The Morgan fingerprint density at radius 2 is 1.85 bits per heavy atom. The van der Waals surface area contributed by atoms with Crippen molar-refractivity contribution in [2.75, 3.05) is 23.7 Å². The zero-order chi connectivity index (χ0) is 23.9. The Labute approximate surface area is 200 Å². The van der Waals surface area contributed by atoms with Crippen LogP contribution in [0.4, 0.5) is 16.4 Å². The lowest BCUT2D eigenvalue weighted by Crippen LogP contribution is -2.29. The summed E-state index contributed by atoms with van der Waals surface area (Å²) < 4.78 is 2.02. The molecule has 2 amide bonds. The third kappa shape index (κ3) is 5.64. The number of rotatable bonds is 9. The highest BCUT2D eigenvalue weighted by molar-refractivity contribution is 5.93. The Hall–Kier alpha value is -3.20. The number of hydrogen-bond donors (Lipinski definition) is 4. The molecule has 9 nitrogen and oxygen atoms in total. The molecule has 182 valence electrons. The smallest absolute Gasteiger partial charge is 0.319 e. The van der Waals surface area contributed by atoms with Crippen molar-refractivity contribution in [3.63, 3.8) is 0 Å². The maximum atomic E-state index is 12.0. The van der Waals surface area contributed by atoms with E-state index < -0.39 is 0 Å². The number of fused-ring (bicyclic) bond motifs is 1. The van der Waals surface area contributed by atoms with E-state index >= 15 is 0 Å². The van der Waals surface area contributed by atoms with Crippen LogP contribution in [0.15, 0.2) is 30.5 Å². The first kappa shape index (κ1) is 23.9. The van der Waals surface area contributed by atoms with Gasteiger partial charge in [-0.3, -0.25) is 0 Å². The number of unbranched alkanes of at least 4 members (excludes halogenated alkanes) is 1. The minimum absolute atomic E-state index is 0.196. The lowest BCUT2D eigenvalue weighted by atomic mass is 9.93. The number of amides is 2. The maximum absolute atomic E-state index is 12.0. The SMILES string of the molecule is CCCCNc1ncc2c(-c3ccc(NC(=O)NCCC)cc3)nn([C@H]3CC[C@@H](O)CC3)c2n1. The Balaban J connectivity index is 1.63. The number of aliphatic hydroxyl groups excluding tert-OH is 1. The molecule has 0 aliphatic heterocycles. The molecule has 2 aromatic heterocycles. The summed E-state index contributed by atoms with van der Waals surface area (Å²) in [6.07, 6.45) is 7.95. The van der Waals surface area contributed by atoms with Crippen LogP contribution in [0.3, 0.4) is 0 Å². The van der Waals surface area contributed by atoms with Crippen molar-refractivity contribution in [3.05, 3.63) is 30.5 Å². The fraction of sp³-hybridized carbons (Fsp3) is 0.520. The molecule has 1 aliphatic carbocycles. The first-order chi connectivity index (χ1) is 16.6. The molecule has 0 spiro atoms. The maximum Gasteiger partial charge on any atom is 0.319 e. The summed E-state index contributed by atoms with van der Waals surface area (Å²) in [6, 6.07) is 7.66. The van der Waals surface area contributed by atoms with Crippen molar-refractivity contribution in [2.45, 2.75) is 70.9 Å². The summed E-state index contributed by atoms with van der Waals surface area (Å²) in [5.41, 5.74) is 3.30. The van der Waals surface area contributed by atoms with Gasteiger partial charge in [-0.2, -0.15) is 10.1 Å². The standard InChI is InChI=1S/C25H35N7O2/c1-3-5-15-26-24-28-16-21-22(17-6-8-18(9-7-17)29-25(34)27-14-4-2)31-32(23(21)30-24)19-10-12-20(33)13-11-19/h6-9,16,19-20,33H,3-5,10-15H2,1-2H3,(H,26,28,30)(H2,27,29,34)/t19-,20+. The lowest BCUT2D eigenvalue weighted by molar-refractivity contribution is 0.109. The van der Waals surface area contributed by atoms with E-state index in [1.54, 1.807) is 0 Å². The van der Waals surface area contributed by atoms with Crippen LogP contribution in [0.1, 0.15) is 64.8 Å². The number of urea groups is 1. The van der Waals surface area contributed by atoms with E-state index in [1.807, 2.05) is 42.1 Å². The van der Waals surface area contributed by atoms with Crippen LogP contribution >= 0.6 is 0 Å². The first-order valence-electron chi connectivity index (χ1n) is 12.4. The van der Waals surface area contributed by atoms with E-state index in [2.05, 4.69) is 27.9 Å². The minimum Gasteiger partial charge on any atom is -0.393 e. The van der Waals surface area contributed by atoms with E-state index in [9.17, 15) is 9.90 Å². The van der Waals surface area contributed by atoms with Crippen LogP contribution in [0.2, 0.25) is 0 Å². The Morgan fingerprint density at radius 1 is 1.09 bits per heavy atom. The van der Waals surface area contributed by atoms with E-state index in [0.29, 0.717) is 12.5 Å². The number of carbonyl (C=O) groups excluding carboxylic acids is 1. The third-order valence-corrected chi connectivity index (χ3v) is 6.23. The quantitative estimate of drug-likeness (QED) is 0.340. The molecule has 9 heteroatoms. The van der Waals surface area contributed by atoms with E-state index in [0.717, 1.165) is 79.5 Å². The van der Waals surface area contributed by atoms with Crippen LogP contribution in [0.5, 0.6) is 0 Å². The normalized spacial score (nSPS) is 18.1. The molecule has 1 fully saturated rings. The average Bonchev–Trinajstić information content (AvgIpc) is 3.23. The van der Waals surface area contributed by atoms with Crippen molar-refractivity contribution in [2.24, 2.45) is 0 Å². The van der Waals surface area contributed by atoms with Gasteiger partial charge in [0.05, 0.1) is 17.5 Å². The molecule has 34 heavy (non-hydrogen) atoms. The number of hydrogen-bond acceptors (Lipinski definition) is 6. The van der Waals surface area contributed by atoms with Crippen molar-refractivity contribution in [1.82, 2.24) is 25.1 Å². The van der Waals surface area contributed by atoms with Crippen LogP contribution < -0.4 is 16.0 Å². The highest BCUT2D eigenvalue weighted by Crippen LogP contribution is 2.34. The van der Waals surface area contributed by atoms with Crippen molar-refractivity contribution < 1.29 is 9.90 Å². The monoisotopic (exact) mass is 465 g/mol. The highest BCUT2D eigenvalue weighted by atomic mass is 16.3. The molecule has 1 saturated carbocycles. The topological polar surface area (TPSA) is 117 Å². The predicted molar refractivity (Wildman–Crippen MR) is 135 cm³/mol. The van der Waals surface area contributed by atoms with Crippen molar-refractivity contribution in [1.29, 1.82) is 0 Å². The predicted octanol–water partition coefficient (Wildman–Crippen LogP) is 4.71. The number of nitrogens with one attached hydrogen (secondary N) is 3. The summed E-state index contributed by atoms with van der Waals surface area (Å²) in [5.74, 6) is 0.613. The number of anilines is 2. The number of aromatic nitrogens is 4. The molecule has 4 rings (SSSR count). The van der Waals surface area contributed by atoms with Gasteiger partial charge >= 0.3 is 6.03 Å². The minimum atomic E-state index is -0.229. The number of carbonyl (C=O) groups is 1.